The Morgan fingerprint density at radius 1 is 0.931 bits per heavy atom. The van der Waals surface area contributed by atoms with E-state index in [1.165, 1.54) is 0 Å². The second-order valence-corrected chi connectivity index (χ2v) is 6.01. The predicted molar refractivity (Wildman–Crippen MR) is 113 cm³/mol. The summed E-state index contributed by atoms with van der Waals surface area (Å²) in [6, 6.07) is 16.2. The van der Waals surface area contributed by atoms with E-state index in [4.69, 9.17) is 14.2 Å². The number of rotatable bonds is 8. The molecule has 29 heavy (non-hydrogen) atoms. The minimum Gasteiger partial charge on any atom is -0.493 e. The first-order valence-electron chi connectivity index (χ1n) is 9.13. The van der Waals surface area contributed by atoms with E-state index in [9.17, 15) is 4.79 Å². The van der Waals surface area contributed by atoms with E-state index in [1.807, 2.05) is 43.3 Å². The largest absolute Gasteiger partial charge is 0.493 e. The second-order valence-electron chi connectivity index (χ2n) is 6.01. The van der Waals surface area contributed by atoms with E-state index in [2.05, 4.69) is 15.6 Å². The number of ether oxygens (including phenoxy) is 3. The molecule has 0 spiro atoms. The number of anilines is 3. The fourth-order valence-corrected chi connectivity index (χ4v) is 2.72. The van der Waals surface area contributed by atoms with Crippen LogP contribution in [0.1, 0.15) is 17.4 Å². The van der Waals surface area contributed by atoms with Gasteiger partial charge in [0.15, 0.2) is 11.5 Å². The third kappa shape index (κ3) is 4.95. The van der Waals surface area contributed by atoms with Gasteiger partial charge in [-0.1, -0.05) is 12.1 Å². The average Bonchev–Trinajstić information content (AvgIpc) is 2.75. The number of para-hydroxylation sites is 2. The summed E-state index contributed by atoms with van der Waals surface area (Å²) < 4.78 is 16.1. The minimum atomic E-state index is -0.310. The minimum absolute atomic E-state index is 0.300. The highest BCUT2D eigenvalue weighted by atomic mass is 16.5. The fourth-order valence-electron chi connectivity index (χ4n) is 2.72. The molecule has 0 unspecified atom stereocenters. The molecule has 0 aliphatic rings. The molecule has 0 bridgehead atoms. The van der Waals surface area contributed by atoms with Gasteiger partial charge in [-0.25, -0.2) is 4.98 Å². The van der Waals surface area contributed by atoms with Crippen LogP contribution in [0, 0.1) is 0 Å². The second kappa shape index (κ2) is 9.45. The molecule has 1 aromatic heterocycles. The summed E-state index contributed by atoms with van der Waals surface area (Å²) in [5.41, 5.74) is 2.46. The molecular weight excluding hydrogens is 370 g/mol. The van der Waals surface area contributed by atoms with Crippen molar-refractivity contribution in [3.8, 4) is 17.2 Å². The molecule has 0 saturated carbocycles. The first-order valence-corrected chi connectivity index (χ1v) is 9.13. The van der Waals surface area contributed by atoms with Crippen molar-refractivity contribution in [2.45, 2.75) is 6.92 Å². The lowest BCUT2D eigenvalue weighted by molar-refractivity contribution is 0.102. The average molecular weight is 393 g/mol. The SMILES string of the molecule is CCOc1ccccc1NC(=O)c1ccc(Nc2ccc(OC)c(OC)c2)cn1. The van der Waals surface area contributed by atoms with Gasteiger partial charge in [0, 0.05) is 11.8 Å². The summed E-state index contributed by atoms with van der Waals surface area (Å²) in [7, 11) is 3.17. The van der Waals surface area contributed by atoms with Crippen molar-refractivity contribution in [2.24, 2.45) is 0 Å². The maximum absolute atomic E-state index is 12.5. The summed E-state index contributed by atoms with van der Waals surface area (Å²) in [4.78, 5) is 16.8. The molecule has 0 saturated heterocycles. The fraction of sp³-hybridized carbons (Fsp3) is 0.182. The van der Waals surface area contributed by atoms with E-state index in [-0.39, 0.29) is 5.91 Å². The predicted octanol–water partition coefficient (Wildman–Crippen LogP) is 4.49. The van der Waals surface area contributed by atoms with Gasteiger partial charge >= 0.3 is 0 Å². The van der Waals surface area contributed by atoms with Crippen molar-refractivity contribution in [1.82, 2.24) is 4.98 Å². The zero-order valence-corrected chi connectivity index (χ0v) is 16.6. The van der Waals surface area contributed by atoms with Crippen molar-refractivity contribution >= 4 is 23.0 Å². The number of hydrogen-bond acceptors (Lipinski definition) is 6. The maximum Gasteiger partial charge on any atom is 0.274 e. The topological polar surface area (TPSA) is 81.7 Å². The molecule has 3 rings (SSSR count). The molecule has 0 aliphatic heterocycles. The number of carbonyl (C=O) groups is 1. The normalized spacial score (nSPS) is 10.2. The smallest absolute Gasteiger partial charge is 0.274 e. The highest BCUT2D eigenvalue weighted by molar-refractivity contribution is 6.03. The van der Waals surface area contributed by atoms with Gasteiger partial charge in [-0.15, -0.1) is 0 Å². The van der Waals surface area contributed by atoms with Crippen molar-refractivity contribution < 1.29 is 19.0 Å². The Kier molecular flexibility index (Phi) is 6.52. The maximum atomic E-state index is 12.5. The van der Waals surface area contributed by atoms with Gasteiger partial charge in [-0.2, -0.15) is 0 Å². The van der Waals surface area contributed by atoms with Crippen molar-refractivity contribution in [1.29, 1.82) is 0 Å². The Bertz CT molecular complexity index is 974. The van der Waals surface area contributed by atoms with E-state index in [0.717, 1.165) is 11.4 Å². The molecule has 0 fully saturated rings. The van der Waals surface area contributed by atoms with Gasteiger partial charge < -0.3 is 24.8 Å². The molecule has 2 aromatic carbocycles. The number of nitrogens with one attached hydrogen (secondary N) is 2. The summed E-state index contributed by atoms with van der Waals surface area (Å²) in [6.45, 7) is 2.41. The van der Waals surface area contributed by atoms with Gasteiger partial charge in [-0.3, -0.25) is 4.79 Å². The van der Waals surface area contributed by atoms with E-state index < -0.39 is 0 Å². The Hall–Kier alpha value is -3.74. The van der Waals surface area contributed by atoms with Gasteiger partial charge in [0.25, 0.3) is 5.91 Å². The van der Waals surface area contributed by atoms with Crippen LogP contribution in [0.25, 0.3) is 0 Å². The first-order chi connectivity index (χ1) is 14.1. The molecule has 0 atom stereocenters. The van der Waals surface area contributed by atoms with Gasteiger partial charge in [0.1, 0.15) is 11.4 Å². The monoisotopic (exact) mass is 393 g/mol. The molecule has 2 N–H and O–H groups in total. The van der Waals surface area contributed by atoms with E-state index in [1.54, 1.807) is 38.6 Å². The van der Waals surface area contributed by atoms with E-state index >= 15 is 0 Å². The lowest BCUT2D eigenvalue weighted by atomic mass is 10.2. The number of pyridine rings is 1. The summed E-state index contributed by atoms with van der Waals surface area (Å²) in [6.07, 6.45) is 1.60. The lowest BCUT2D eigenvalue weighted by Crippen LogP contribution is -2.14. The van der Waals surface area contributed by atoms with Gasteiger partial charge in [0.2, 0.25) is 0 Å². The Morgan fingerprint density at radius 2 is 1.69 bits per heavy atom. The molecule has 1 amide bonds. The van der Waals surface area contributed by atoms with Crippen LogP contribution in [0.3, 0.4) is 0 Å². The molecule has 7 nitrogen and oxygen atoms in total. The van der Waals surface area contributed by atoms with Crippen molar-refractivity contribution in [3.63, 3.8) is 0 Å². The van der Waals surface area contributed by atoms with Crippen LogP contribution < -0.4 is 24.8 Å². The summed E-state index contributed by atoms with van der Waals surface area (Å²) in [5, 5.41) is 6.05. The molecule has 150 valence electrons. The van der Waals surface area contributed by atoms with Crippen molar-refractivity contribution in [3.05, 3.63) is 66.5 Å². The highest BCUT2D eigenvalue weighted by Gasteiger charge is 2.11. The lowest BCUT2D eigenvalue weighted by Gasteiger charge is -2.12. The van der Waals surface area contributed by atoms with Crippen LogP contribution in [0.4, 0.5) is 17.1 Å². The number of hydrogen-bond donors (Lipinski definition) is 2. The van der Waals surface area contributed by atoms with Crippen LogP contribution in [-0.4, -0.2) is 31.7 Å². The van der Waals surface area contributed by atoms with Crippen LogP contribution in [0.2, 0.25) is 0 Å². The molecule has 0 aliphatic carbocycles. The van der Waals surface area contributed by atoms with Crippen LogP contribution in [0.15, 0.2) is 60.8 Å². The standard InChI is InChI=1S/C22H23N3O4/c1-4-29-19-8-6-5-7-17(19)25-22(26)18-11-9-16(14-23-18)24-15-10-12-20(27-2)21(13-15)28-3/h5-14,24H,4H2,1-3H3,(H,25,26). The van der Waals surface area contributed by atoms with Gasteiger partial charge in [0.05, 0.1) is 38.4 Å². The van der Waals surface area contributed by atoms with E-state index in [0.29, 0.717) is 35.2 Å². The Balaban J connectivity index is 1.69. The highest BCUT2D eigenvalue weighted by Crippen LogP contribution is 2.31. The van der Waals surface area contributed by atoms with Crippen LogP contribution in [-0.2, 0) is 0 Å². The molecular formula is C22H23N3O4. The number of aromatic nitrogens is 1. The molecule has 1 heterocycles. The molecule has 0 radical (unpaired) electrons. The first kappa shape index (κ1) is 20.0. The number of methoxy groups -OCH3 is 2. The zero-order chi connectivity index (χ0) is 20.6. The van der Waals surface area contributed by atoms with Crippen LogP contribution in [0.5, 0.6) is 17.2 Å². The number of amides is 1. The van der Waals surface area contributed by atoms with Crippen LogP contribution >= 0.6 is 0 Å². The number of benzene rings is 2. The Morgan fingerprint density at radius 3 is 2.38 bits per heavy atom. The molecule has 3 aromatic rings. The number of nitrogens with zero attached hydrogens (tertiary/aromatic N) is 1. The summed E-state index contributed by atoms with van der Waals surface area (Å²) in [5.74, 6) is 1.58. The summed E-state index contributed by atoms with van der Waals surface area (Å²) >= 11 is 0. The van der Waals surface area contributed by atoms with Crippen molar-refractivity contribution in [2.75, 3.05) is 31.5 Å². The molecule has 7 heteroatoms. The van der Waals surface area contributed by atoms with Gasteiger partial charge in [-0.05, 0) is 43.3 Å². The quantitative estimate of drug-likeness (QED) is 0.587. The number of carbonyl (C=O) groups excluding carboxylic acids is 1. The zero-order valence-electron chi connectivity index (χ0n) is 16.6. The third-order valence-corrected chi connectivity index (χ3v) is 4.10. The Labute approximate surface area is 169 Å². The third-order valence-electron chi connectivity index (χ3n) is 4.10.